The van der Waals surface area contributed by atoms with Gasteiger partial charge in [-0.05, 0) is 66.4 Å². The summed E-state index contributed by atoms with van der Waals surface area (Å²) in [6.45, 7) is 3.21. The second kappa shape index (κ2) is 10.7. The summed E-state index contributed by atoms with van der Waals surface area (Å²) in [5.74, 6) is 0.462. The number of pyridine rings is 1. The highest BCUT2D eigenvalue weighted by Crippen LogP contribution is 2.41. The third-order valence-electron chi connectivity index (χ3n) is 6.20. The largest absolute Gasteiger partial charge is 0.394 e. The Bertz CT molecular complexity index is 1180. The van der Waals surface area contributed by atoms with Crippen molar-refractivity contribution in [3.8, 4) is 11.1 Å². The van der Waals surface area contributed by atoms with E-state index in [0.29, 0.717) is 5.56 Å². The number of aliphatic hydroxyl groups excluding tert-OH is 2. The van der Waals surface area contributed by atoms with Crippen LogP contribution in [-0.2, 0) is 4.79 Å². The van der Waals surface area contributed by atoms with Gasteiger partial charge in [-0.3, -0.25) is 9.59 Å². The summed E-state index contributed by atoms with van der Waals surface area (Å²) in [5, 5.41) is 24.4. The van der Waals surface area contributed by atoms with E-state index < -0.39 is 12.7 Å². The minimum atomic E-state index is -0.987. The molecular weight excluding hydrogens is 444 g/mol. The van der Waals surface area contributed by atoms with E-state index in [1.165, 1.54) is 0 Å². The zero-order valence-electron chi connectivity index (χ0n) is 19.8. The lowest BCUT2D eigenvalue weighted by Crippen LogP contribution is -2.43. The van der Waals surface area contributed by atoms with Crippen molar-refractivity contribution in [2.45, 2.75) is 38.5 Å². The molecule has 2 aromatic carbocycles. The van der Waals surface area contributed by atoms with Gasteiger partial charge < -0.3 is 25.7 Å². The van der Waals surface area contributed by atoms with Crippen LogP contribution in [0.2, 0.25) is 0 Å². The smallest absolute Gasteiger partial charge is 0.251 e. The minimum absolute atomic E-state index is 0.00414. The molecule has 182 valence electrons. The maximum atomic E-state index is 12.4. The molecule has 8 heteroatoms. The molecule has 3 atom stereocenters. The van der Waals surface area contributed by atoms with Crippen LogP contribution in [0.5, 0.6) is 0 Å². The first-order chi connectivity index (χ1) is 16.9. The average Bonchev–Trinajstić information content (AvgIpc) is 2.87. The molecule has 8 nitrogen and oxygen atoms in total. The van der Waals surface area contributed by atoms with Crippen LogP contribution in [-0.4, -0.2) is 52.3 Å². The molecule has 0 aliphatic carbocycles. The van der Waals surface area contributed by atoms with E-state index in [9.17, 15) is 14.7 Å². The molecule has 0 saturated carbocycles. The molecule has 35 heavy (non-hydrogen) atoms. The first-order valence-corrected chi connectivity index (χ1v) is 11.7. The summed E-state index contributed by atoms with van der Waals surface area (Å²) in [5.41, 5.74) is 4.26. The molecule has 2 amide bonds. The van der Waals surface area contributed by atoms with Gasteiger partial charge in [-0.15, -0.1) is 0 Å². The summed E-state index contributed by atoms with van der Waals surface area (Å²) in [4.78, 5) is 31.0. The monoisotopic (exact) mass is 474 g/mol. The van der Waals surface area contributed by atoms with Gasteiger partial charge >= 0.3 is 0 Å². The summed E-state index contributed by atoms with van der Waals surface area (Å²) >= 11 is 0. The van der Waals surface area contributed by atoms with Gasteiger partial charge in [0, 0.05) is 37.0 Å². The number of aromatic nitrogens is 1. The number of fused-ring (bicyclic) bond motifs is 1. The molecule has 1 aliphatic heterocycles. The van der Waals surface area contributed by atoms with Gasteiger partial charge in [-0.2, -0.15) is 0 Å². The molecule has 4 rings (SSSR count). The fourth-order valence-electron chi connectivity index (χ4n) is 4.48. The molecule has 0 fully saturated rings. The Morgan fingerprint density at radius 2 is 1.86 bits per heavy atom. The number of carbonyl (C=O) groups is 2. The zero-order valence-corrected chi connectivity index (χ0v) is 19.8. The summed E-state index contributed by atoms with van der Waals surface area (Å²) in [7, 11) is 0. The molecule has 2 heterocycles. The lowest BCUT2D eigenvalue weighted by molar-refractivity contribution is -0.117. The lowest BCUT2D eigenvalue weighted by atomic mass is 9.89. The van der Waals surface area contributed by atoms with Crippen LogP contribution >= 0.6 is 0 Å². The third-order valence-corrected chi connectivity index (χ3v) is 6.20. The maximum absolute atomic E-state index is 12.4. The van der Waals surface area contributed by atoms with Crippen LogP contribution in [0.3, 0.4) is 0 Å². The van der Waals surface area contributed by atoms with Gasteiger partial charge in [0.15, 0.2) is 0 Å². The predicted octanol–water partition coefficient (Wildman–Crippen LogP) is 3.13. The van der Waals surface area contributed by atoms with Crippen molar-refractivity contribution in [2.75, 3.05) is 23.4 Å². The summed E-state index contributed by atoms with van der Waals surface area (Å²) in [6, 6.07) is 19.0. The average molecular weight is 475 g/mol. The Balaban J connectivity index is 1.62. The van der Waals surface area contributed by atoms with E-state index in [0.717, 1.165) is 34.6 Å². The number of hydrogen-bond donors (Lipinski definition) is 4. The van der Waals surface area contributed by atoms with E-state index in [-0.39, 0.29) is 30.4 Å². The SMILES string of the molecule is CC(=O)N1c2ccc(-c3ccc(C(=O)NCC(O)CO)cc3)cc2C(Nc2ccccn2)CC1C. The quantitative estimate of drug-likeness (QED) is 0.418. The van der Waals surface area contributed by atoms with E-state index in [1.54, 1.807) is 25.3 Å². The Hall–Kier alpha value is -3.75. The van der Waals surface area contributed by atoms with Crippen LogP contribution < -0.4 is 15.5 Å². The molecule has 3 aromatic rings. The van der Waals surface area contributed by atoms with Gasteiger partial charge in [-0.1, -0.05) is 24.3 Å². The summed E-state index contributed by atoms with van der Waals surface area (Å²) < 4.78 is 0. The van der Waals surface area contributed by atoms with Crippen molar-refractivity contribution < 1.29 is 19.8 Å². The second-order valence-corrected chi connectivity index (χ2v) is 8.78. The number of nitrogens with zero attached hydrogens (tertiary/aromatic N) is 2. The number of hydrogen-bond acceptors (Lipinski definition) is 6. The van der Waals surface area contributed by atoms with Gasteiger partial charge in [0.1, 0.15) is 5.82 Å². The molecule has 1 aromatic heterocycles. The zero-order chi connectivity index (χ0) is 24.9. The molecule has 0 spiro atoms. The highest BCUT2D eigenvalue weighted by molar-refractivity contribution is 5.95. The minimum Gasteiger partial charge on any atom is -0.394 e. The van der Waals surface area contributed by atoms with Crippen molar-refractivity contribution in [1.29, 1.82) is 0 Å². The van der Waals surface area contributed by atoms with Gasteiger partial charge in [0.25, 0.3) is 5.91 Å². The number of benzene rings is 2. The van der Waals surface area contributed by atoms with Gasteiger partial charge in [-0.25, -0.2) is 4.98 Å². The lowest BCUT2D eigenvalue weighted by Gasteiger charge is -2.39. The van der Waals surface area contributed by atoms with Crippen molar-refractivity contribution in [2.24, 2.45) is 0 Å². The highest BCUT2D eigenvalue weighted by atomic mass is 16.3. The van der Waals surface area contributed by atoms with Gasteiger partial charge in [0.05, 0.1) is 18.8 Å². The Labute approximate surface area is 204 Å². The third kappa shape index (κ3) is 5.50. The molecule has 0 radical (unpaired) electrons. The van der Waals surface area contributed by atoms with Crippen LogP contribution in [0.4, 0.5) is 11.5 Å². The normalized spacial score (nSPS) is 17.9. The molecule has 4 N–H and O–H groups in total. The molecule has 0 bridgehead atoms. The predicted molar refractivity (Wildman–Crippen MR) is 135 cm³/mol. The number of anilines is 2. The number of aliphatic hydroxyl groups is 2. The van der Waals surface area contributed by atoms with Crippen LogP contribution in [0.25, 0.3) is 11.1 Å². The van der Waals surface area contributed by atoms with Crippen LogP contribution in [0.15, 0.2) is 66.9 Å². The molecule has 3 unspecified atom stereocenters. The number of amides is 2. The fourth-order valence-corrected chi connectivity index (χ4v) is 4.48. The number of carbonyl (C=O) groups excluding carboxylic acids is 2. The summed E-state index contributed by atoms with van der Waals surface area (Å²) in [6.07, 6.45) is 1.50. The van der Waals surface area contributed by atoms with E-state index in [2.05, 4.69) is 28.6 Å². The molecule has 1 aliphatic rings. The standard InChI is InChI=1S/C27H30N4O4/c1-17-13-24(30-26-5-3-4-12-28-26)23-14-21(10-11-25(23)31(17)18(2)33)19-6-8-20(9-7-19)27(35)29-15-22(34)16-32/h3-12,14,17,22,24,32,34H,13,15-16H2,1-2H3,(H,28,30)(H,29,35). The Kier molecular flexibility index (Phi) is 7.43. The van der Waals surface area contributed by atoms with Crippen molar-refractivity contribution in [3.63, 3.8) is 0 Å². The van der Waals surface area contributed by atoms with Crippen LogP contribution in [0.1, 0.15) is 42.2 Å². The topological polar surface area (TPSA) is 115 Å². The van der Waals surface area contributed by atoms with E-state index >= 15 is 0 Å². The molecular formula is C27H30N4O4. The Morgan fingerprint density at radius 3 is 2.51 bits per heavy atom. The van der Waals surface area contributed by atoms with Crippen LogP contribution in [0, 0.1) is 0 Å². The number of rotatable bonds is 7. The fraction of sp³-hybridized carbons (Fsp3) is 0.296. The molecule has 0 saturated heterocycles. The van der Waals surface area contributed by atoms with Crippen molar-refractivity contribution in [1.82, 2.24) is 10.3 Å². The van der Waals surface area contributed by atoms with Crippen molar-refractivity contribution in [3.05, 3.63) is 78.0 Å². The Morgan fingerprint density at radius 1 is 1.11 bits per heavy atom. The van der Waals surface area contributed by atoms with Crippen molar-refractivity contribution >= 4 is 23.3 Å². The van der Waals surface area contributed by atoms with E-state index in [4.69, 9.17) is 5.11 Å². The number of nitrogens with one attached hydrogen (secondary N) is 2. The maximum Gasteiger partial charge on any atom is 0.251 e. The highest BCUT2D eigenvalue weighted by Gasteiger charge is 2.32. The second-order valence-electron chi connectivity index (χ2n) is 8.78. The van der Waals surface area contributed by atoms with E-state index in [1.807, 2.05) is 47.4 Å². The first-order valence-electron chi connectivity index (χ1n) is 11.7. The van der Waals surface area contributed by atoms with Gasteiger partial charge in [0.2, 0.25) is 5.91 Å². The first kappa shape index (κ1) is 24.4.